The van der Waals surface area contributed by atoms with Gasteiger partial charge in [-0.3, -0.25) is 14.9 Å². The van der Waals surface area contributed by atoms with Gasteiger partial charge in [-0.05, 0) is 19.4 Å². The van der Waals surface area contributed by atoms with Crippen LogP contribution in [0.4, 0.5) is 5.69 Å². The molecule has 0 heterocycles. The predicted molar refractivity (Wildman–Crippen MR) is 64.0 cm³/mol. The Morgan fingerprint density at radius 2 is 2.12 bits per heavy atom. The molecule has 0 saturated carbocycles. The summed E-state index contributed by atoms with van der Waals surface area (Å²) in [5.41, 5.74) is 2.81. The summed E-state index contributed by atoms with van der Waals surface area (Å²) in [6.07, 6.45) is 0.706. The Labute approximate surface area is 98.5 Å². The zero-order valence-corrected chi connectivity index (χ0v) is 9.64. The minimum absolute atomic E-state index is 0.00477. The van der Waals surface area contributed by atoms with E-state index in [4.69, 9.17) is 0 Å². The van der Waals surface area contributed by atoms with E-state index in [1.54, 1.807) is 13.0 Å². The lowest BCUT2D eigenvalue weighted by molar-refractivity contribution is -0.385. The van der Waals surface area contributed by atoms with E-state index in [-0.39, 0.29) is 11.3 Å². The number of para-hydroxylation sites is 1. The van der Waals surface area contributed by atoms with Crippen molar-refractivity contribution < 1.29 is 9.72 Å². The molecule has 0 aliphatic rings. The van der Waals surface area contributed by atoms with Gasteiger partial charge in [0.15, 0.2) is 0 Å². The van der Waals surface area contributed by atoms with Crippen molar-refractivity contribution in [2.75, 3.05) is 0 Å². The van der Waals surface area contributed by atoms with E-state index in [1.807, 2.05) is 6.92 Å². The van der Waals surface area contributed by atoms with Crippen molar-refractivity contribution in [2.24, 2.45) is 5.10 Å². The molecule has 1 rings (SSSR count). The first-order valence-corrected chi connectivity index (χ1v) is 5.13. The Bertz CT molecular complexity index is 469. The molecule has 17 heavy (non-hydrogen) atoms. The first kappa shape index (κ1) is 12.8. The molecule has 0 spiro atoms. The zero-order valence-electron chi connectivity index (χ0n) is 9.64. The summed E-state index contributed by atoms with van der Waals surface area (Å²) in [4.78, 5) is 21.8. The maximum atomic E-state index is 11.7. The molecule has 0 fully saturated rings. The minimum atomic E-state index is -0.592. The van der Waals surface area contributed by atoms with Gasteiger partial charge in [0.05, 0.1) is 4.92 Å². The van der Waals surface area contributed by atoms with E-state index in [0.717, 1.165) is 5.71 Å². The second kappa shape index (κ2) is 5.74. The maximum absolute atomic E-state index is 11.7. The topological polar surface area (TPSA) is 84.6 Å². The third-order valence-corrected chi connectivity index (χ3v) is 2.21. The lowest BCUT2D eigenvalue weighted by Crippen LogP contribution is -2.20. The molecule has 1 aromatic carbocycles. The Morgan fingerprint density at radius 3 is 2.71 bits per heavy atom. The van der Waals surface area contributed by atoms with Gasteiger partial charge in [0.2, 0.25) is 0 Å². The molecule has 0 unspecified atom stereocenters. The van der Waals surface area contributed by atoms with E-state index in [9.17, 15) is 14.9 Å². The van der Waals surface area contributed by atoms with E-state index < -0.39 is 10.8 Å². The molecule has 0 atom stereocenters. The Balaban J connectivity index is 2.93. The number of nitrogens with one attached hydrogen (secondary N) is 1. The summed E-state index contributed by atoms with van der Waals surface area (Å²) >= 11 is 0. The van der Waals surface area contributed by atoms with E-state index in [2.05, 4.69) is 10.5 Å². The monoisotopic (exact) mass is 235 g/mol. The standard InChI is InChI=1S/C11H13N3O3/c1-3-8(2)12-13-11(15)9-6-4-5-7-10(9)14(16)17/h4-7H,3H2,1-2H3,(H,13,15)/b12-8-. The van der Waals surface area contributed by atoms with E-state index in [0.29, 0.717) is 6.42 Å². The molecule has 0 radical (unpaired) electrons. The number of hydrazone groups is 1. The number of hydrogen-bond acceptors (Lipinski definition) is 4. The van der Waals surface area contributed by atoms with Gasteiger partial charge in [-0.25, -0.2) is 5.43 Å². The zero-order chi connectivity index (χ0) is 12.8. The van der Waals surface area contributed by atoms with Crippen LogP contribution in [-0.4, -0.2) is 16.5 Å². The molecular formula is C11H13N3O3. The van der Waals surface area contributed by atoms with Gasteiger partial charge in [0.25, 0.3) is 11.6 Å². The highest BCUT2D eigenvalue weighted by atomic mass is 16.6. The van der Waals surface area contributed by atoms with Crippen molar-refractivity contribution in [3.05, 3.63) is 39.9 Å². The van der Waals surface area contributed by atoms with Crippen molar-refractivity contribution in [2.45, 2.75) is 20.3 Å². The smallest absolute Gasteiger partial charge is 0.267 e. The van der Waals surface area contributed by atoms with Crippen LogP contribution in [0.2, 0.25) is 0 Å². The van der Waals surface area contributed by atoms with Crippen LogP contribution in [0.15, 0.2) is 29.4 Å². The number of hydrogen-bond donors (Lipinski definition) is 1. The highest BCUT2D eigenvalue weighted by Crippen LogP contribution is 2.17. The first-order valence-electron chi connectivity index (χ1n) is 5.13. The number of amides is 1. The fraction of sp³-hybridized carbons (Fsp3) is 0.273. The molecule has 6 heteroatoms. The summed E-state index contributed by atoms with van der Waals surface area (Å²) in [7, 11) is 0. The van der Waals surface area contributed by atoms with Crippen LogP contribution in [0.3, 0.4) is 0 Å². The third-order valence-electron chi connectivity index (χ3n) is 2.21. The largest absolute Gasteiger partial charge is 0.282 e. The molecule has 0 aromatic heterocycles. The second-order valence-electron chi connectivity index (χ2n) is 3.42. The number of benzene rings is 1. The Kier molecular flexibility index (Phi) is 4.33. The van der Waals surface area contributed by atoms with Gasteiger partial charge >= 0.3 is 0 Å². The van der Waals surface area contributed by atoms with Crippen molar-refractivity contribution in [3.8, 4) is 0 Å². The minimum Gasteiger partial charge on any atom is -0.267 e. The molecular weight excluding hydrogens is 222 g/mol. The van der Waals surface area contributed by atoms with Crippen LogP contribution < -0.4 is 5.43 Å². The normalized spacial score (nSPS) is 11.1. The summed E-state index contributed by atoms with van der Waals surface area (Å²) in [6, 6.07) is 5.75. The Morgan fingerprint density at radius 1 is 1.47 bits per heavy atom. The maximum Gasteiger partial charge on any atom is 0.282 e. The van der Waals surface area contributed by atoms with Crippen LogP contribution in [0, 0.1) is 10.1 Å². The fourth-order valence-corrected chi connectivity index (χ4v) is 1.11. The van der Waals surface area contributed by atoms with Gasteiger partial charge in [-0.15, -0.1) is 0 Å². The summed E-state index contributed by atoms with van der Waals surface area (Å²) in [5, 5.41) is 14.5. The quantitative estimate of drug-likeness (QED) is 0.492. The summed E-state index contributed by atoms with van der Waals surface area (Å²) in [5.74, 6) is -0.579. The van der Waals surface area contributed by atoms with Gasteiger partial charge in [-0.2, -0.15) is 5.10 Å². The first-order chi connectivity index (χ1) is 8.06. The number of carbonyl (C=O) groups excluding carboxylic acids is 1. The van der Waals surface area contributed by atoms with Gasteiger partial charge < -0.3 is 0 Å². The molecule has 90 valence electrons. The van der Waals surface area contributed by atoms with Crippen LogP contribution >= 0.6 is 0 Å². The summed E-state index contributed by atoms with van der Waals surface area (Å²) in [6.45, 7) is 3.66. The number of carbonyl (C=O) groups is 1. The van der Waals surface area contributed by atoms with Crippen molar-refractivity contribution in [3.63, 3.8) is 0 Å². The Hall–Kier alpha value is -2.24. The number of rotatable bonds is 4. The van der Waals surface area contributed by atoms with E-state index >= 15 is 0 Å². The summed E-state index contributed by atoms with van der Waals surface area (Å²) < 4.78 is 0. The van der Waals surface area contributed by atoms with Crippen molar-refractivity contribution in [1.82, 2.24) is 5.43 Å². The molecule has 6 nitrogen and oxygen atoms in total. The highest BCUT2D eigenvalue weighted by Gasteiger charge is 2.18. The lowest BCUT2D eigenvalue weighted by atomic mass is 10.2. The molecule has 0 saturated heterocycles. The number of nitro benzene ring substituents is 1. The molecule has 0 aliphatic carbocycles. The van der Waals surface area contributed by atoms with Crippen LogP contribution in [0.5, 0.6) is 0 Å². The average molecular weight is 235 g/mol. The molecule has 1 amide bonds. The molecule has 0 aliphatic heterocycles. The molecule has 1 N–H and O–H groups in total. The third kappa shape index (κ3) is 3.37. The molecule has 0 bridgehead atoms. The average Bonchev–Trinajstić information content (AvgIpc) is 2.35. The number of nitro groups is 1. The van der Waals surface area contributed by atoms with Gasteiger partial charge in [0, 0.05) is 11.8 Å². The van der Waals surface area contributed by atoms with Gasteiger partial charge in [0.1, 0.15) is 5.56 Å². The van der Waals surface area contributed by atoms with Crippen LogP contribution in [0.25, 0.3) is 0 Å². The van der Waals surface area contributed by atoms with Crippen LogP contribution in [-0.2, 0) is 0 Å². The van der Waals surface area contributed by atoms with E-state index in [1.165, 1.54) is 18.2 Å². The highest BCUT2D eigenvalue weighted by molar-refractivity contribution is 5.98. The van der Waals surface area contributed by atoms with Crippen LogP contribution in [0.1, 0.15) is 30.6 Å². The number of nitrogens with zero attached hydrogens (tertiary/aromatic N) is 2. The molecule has 1 aromatic rings. The SMILES string of the molecule is CC/C(C)=N\NC(=O)c1ccccc1[N+](=O)[O-]. The fourth-order valence-electron chi connectivity index (χ4n) is 1.11. The van der Waals surface area contributed by atoms with Crippen molar-refractivity contribution in [1.29, 1.82) is 0 Å². The van der Waals surface area contributed by atoms with Crippen molar-refractivity contribution >= 4 is 17.3 Å². The second-order valence-corrected chi connectivity index (χ2v) is 3.42. The van der Waals surface area contributed by atoms with Gasteiger partial charge in [-0.1, -0.05) is 19.1 Å². The predicted octanol–water partition coefficient (Wildman–Crippen LogP) is 2.11. The lowest BCUT2D eigenvalue weighted by Gasteiger charge is -2.02.